The number of carbonyl (C=O) groups excluding carboxylic acids is 2. The van der Waals surface area contributed by atoms with E-state index in [9.17, 15) is 9.59 Å². The average Bonchev–Trinajstić information content (AvgIpc) is 2.60. The van der Waals surface area contributed by atoms with Gasteiger partial charge in [0.25, 0.3) is 0 Å². The summed E-state index contributed by atoms with van der Waals surface area (Å²) in [5.41, 5.74) is -0.0611. The summed E-state index contributed by atoms with van der Waals surface area (Å²) in [5.74, 6) is -0.441. The van der Waals surface area contributed by atoms with E-state index in [1.165, 1.54) is 25.8 Å². The maximum atomic E-state index is 11.2. The normalized spacial score (nSPS) is 28.2. The average molecular weight is 262 g/mol. The first-order valence-electron chi connectivity index (χ1n) is 5.49. The van der Waals surface area contributed by atoms with E-state index in [0.717, 1.165) is 0 Å². The fourth-order valence-electron chi connectivity index (χ4n) is 1.46. The van der Waals surface area contributed by atoms with Crippen LogP contribution in [0.2, 0.25) is 0 Å². The SMILES string of the molecule is COC(=O)C[C@@H]1SC(C(C)C)OC1OC(C)=O. The van der Waals surface area contributed by atoms with Crippen molar-refractivity contribution in [2.75, 3.05) is 7.11 Å². The Labute approximate surface area is 105 Å². The van der Waals surface area contributed by atoms with Crippen LogP contribution in [0.25, 0.3) is 0 Å². The predicted molar refractivity (Wildman–Crippen MR) is 63.3 cm³/mol. The molecule has 5 nitrogen and oxygen atoms in total. The highest BCUT2D eigenvalue weighted by Crippen LogP contribution is 2.39. The second-order valence-electron chi connectivity index (χ2n) is 4.18. The summed E-state index contributed by atoms with van der Waals surface area (Å²) in [6.07, 6.45) is -0.480. The molecule has 0 aromatic heterocycles. The van der Waals surface area contributed by atoms with Crippen molar-refractivity contribution in [1.29, 1.82) is 0 Å². The van der Waals surface area contributed by atoms with Crippen molar-refractivity contribution >= 4 is 23.7 Å². The molecule has 0 saturated carbocycles. The van der Waals surface area contributed by atoms with Gasteiger partial charge in [0.1, 0.15) is 5.44 Å². The van der Waals surface area contributed by atoms with Crippen LogP contribution in [0, 0.1) is 5.92 Å². The molecule has 1 heterocycles. The van der Waals surface area contributed by atoms with Crippen LogP contribution in [0.4, 0.5) is 0 Å². The number of carbonyl (C=O) groups is 2. The highest BCUT2D eigenvalue weighted by molar-refractivity contribution is 8.00. The Balaban J connectivity index is 2.63. The Morgan fingerprint density at radius 3 is 2.53 bits per heavy atom. The Morgan fingerprint density at radius 1 is 1.41 bits per heavy atom. The van der Waals surface area contributed by atoms with Crippen molar-refractivity contribution in [2.45, 2.75) is 44.2 Å². The molecule has 0 N–H and O–H groups in total. The van der Waals surface area contributed by atoms with Gasteiger partial charge in [0.15, 0.2) is 0 Å². The van der Waals surface area contributed by atoms with Gasteiger partial charge in [-0.3, -0.25) is 9.59 Å². The van der Waals surface area contributed by atoms with Gasteiger partial charge in [-0.2, -0.15) is 0 Å². The standard InChI is InChI=1S/C11H18O5S/c1-6(2)11-16-10(15-7(3)12)8(17-11)5-9(13)14-4/h6,8,10-11H,5H2,1-4H3/t8-,10?,11?/m0/s1. The molecule has 1 fully saturated rings. The summed E-state index contributed by atoms with van der Waals surface area (Å²) in [7, 11) is 1.34. The first-order chi connectivity index (χ1) is 7.93. The van der Waals surface area contributed by atoms with Crippen molar-refractivity contribution in [3.8, 4) is 0 Å². The lowest BCUT2D eigenvalue weighted by atomic mass is 10.2. The number of rotatable bonds is 4. The number of thioether (sulfide) groups is 1. The van der Waals surface area contributed by atoms with Crippen molar-refractivity contribution in [2.24, 2.45) is 5.92 Å². The second kappa shape index (κ2) is 6.26. The molecule has 0 aliphatic carbocycles. The van der Waals surface area contributed by atoms with Crippen LogP contribution in [0.3, 0.4) is 0 Å². The van der Waals surface area contributed by atoms with Crippen LogP contribution < -0.4 is 0 Å². The summed E-state index contributed by atoms with van der Waals surface area (Å²) in [6.45, 7) is 5.36. The van der Waals surface area contributed by atoms with Gasteiger partial charge < -0.3 is 14.2 Å². The van der Waals surface area contributed by atoms with Crippen LogP contribution in [-0.2, 0) is 23.8 Å². The zero-order chi connectivity index (χ0) is 13.0. The lowest BCUT2D eigenvalue weighted by Crippen LogP contribution is -2.28. The van der Waals surface area contributed by atoms with Gasteiger partial charge in [0.2, 0.25) is 6.29 Å². The molecule has 3 atom stereocenters. The Kier molecular flexibility index (Phi) is 5.27. The largest absolute Gasteiger partial charge is 0.469 e. The maximum Gasteiger partial charge on any atom is 0.306 e. The van der Waals surface area contributed by atoms with Crippen molar-refractivity contribution in [3.05, 3.63) is 0 Å². The van der Waals surface area contributed by atoms with Gasteiger partial charge in [-0.05, 0) is 5.92 Å². The number of esters is 2. The van der Waals surface area contributed by atoms with Gasteiger partial charge in [0, 0.05) is 6.92 Å². The molecule has 17 heavy (non-hydrogen) atoms. The second-order valence-corrected chi connectivity index (χ2v) is 5.52. The van der Waals surface area contributed by atoms with Crippen molar-refractivity contribution in [3.63, 3.8) is 0 Å². The summed E-state index contributed by atoms with van der Waals surface area (Å²) >= 11 is 1.51. The summed E-state index contributed by atoms with van der Waals surface area (Å²) < 4.78 is 15.3. The van der Waals surface area contributed by atoms with E-state index in [4.69, 9.17) is 9.47 Å². The summed E-state index contributed by atoms with van der Waals surface area (Å²) in [6, 6.07) is 0. The molecule has 98 valence electrons. The van der Waals surface area contributed by atoms with Gasteiger partial charge >= 0.3 is 11.9 Å². The molecule has 0 bridgehead atoms. The van der Waals surface area contributed by atoms with E-state index in [0.29, 0.717) is 5.92 Å². The molecule has 0 aromatic carbocycles. The van der Waals surface area contributed by atoms with Crippen LogP contribution in [0.1, 0.15) is 27.2 Å². The molecule has 2 unspecified atom stereocenters. The summed E-state index contributed by atoms with van der Waals surface area (Å²) in [4.78, 5) is 22.2. The first kappa shape index (κ1) is 14.3. The minimum absolute atomic E-state index is 0.0611. The van der Waals surface area contributed by atoms with E-state index < -0.39 is 12.3 Å². The maximum absolute atomic E-state index is 11.2. The van der Waals surface area contributed by atoms with E-state index in [2.05, 4.69) is 4.74 Å². The van der Waals surface area contributed by atoms with Gasteiger partial charge in [0.05, 0.1) is 18.8 Å². The molecule has 0 radical (unpaired) electrons. The van der Waals surface area contributed by atoms with Crippen molar-refractivity contribution < 1.29 is 23.8 Å². The van der Waals surface area contributed by atoms with E-state index >= 15 is 0 Å². The summed E-state index contributed by atoms with van der Waals surface area (Å²) in [5, 5.41) is -0.196. The van der Waals surface area contributed by atoms with Crippen LogP contribution in [-0.4, -0.2) is 36.0 Å². The third kappa shape index (κ3) is 4.20. The van der Waals surface area contributed by atoms with Gasteiger partial charge in [-0.25, -0.2) is 0 Å². The van der Waals surface area contributed by atoms with Crippen LogP contribution in [0.15, 0.2) is 0 Å². The molecule has 0 amide bonds. The molecule has 1 saturated heterocycles. The highest BCUT2D eigenvalue weighted by Gasteiger charge is 2.40. The number of hydrogen-bond acceptors (Lipinski definition) is 6. The quantitative estimate of drug-likeness (QED) is 0.716. The molecular formula is C11H18O5S. The molecule has 0 aromatic rings. The third-order valence-electron chi connectivity index (χ3n) is 2.30. The molecule has 1 aliphatic rings. The first-order valence-corrected chi connectivity index (χ1v) is 6.43. The molecule has 1 aliphatic heterocycles. The number of ether oxygens (including phenoxy) is 3. The van der Waals surface area contributed by atoms with E-state index in [1.807, 2.05) is 13.8 Å². The van der Waals surface area contributed by atoms with Gasteiger partial charge in [-0.15, -0.1) is 11.8 Å². The fraction of sp³-hybridized carbons (Fsp3) is 0.818. The van der Waals surface area contributed by atoms with Gasteiger partial charge in [-0.1, -0.05) is 13.8 Å². The van der Waals surface area contributed by atoms with Crippen LogP contribution >= 0.6 is 11.8 Å². The highest BCUT2D eigenvalue weighted by atomic mass is 32.2. The Hall–Kier alpha value is -0.750. The van der Waals surface area contributed by atoms with Crippen LogP contribution in [0.5, 0.6) is 0 Å². The molecule has 1 rings (SSSR count). The minimum atomic E-state index is -0.663. The zero-order valence-electron chi connectivity index (χ0n) is 10.5. The Bertz CT molecular complexity index is 292. The monoisotopic (exact) mass is 262 g/mol. The molecule has 0 spiro atoms. The lowest BCUT2D eigenvalue weighted by Gasteiger charge is -2.16. The minimum Gasteiger partial charge on any atom is -0.469 e. The van der Waals surface area contributed by atoms with Crippen molar-refractivity contribution in [1.82, 2.24) is 0 Å². The van der Waals surface area contributed by atoms with E-state index in [-0.39, 0.29) is 23.1 Å². The predicted octanol–water partition coefficient (Wildman–Crippen LogP) is 1.55. The number of hydrogen-bond donors (Lipinski definition) is 0. The Morgan fingerprint density at radius 2 is 2.06 bits per heavy atom. The van der Waals surface area contributed by atoms with E-state index in [1.54, 1.807) is 0 Å². The number of methoxy groups -OCH3 is 1. The molecule has 6 heteroatoms. The smallest absolute Gasteiger partial charge is 0.306 e. The lowest BCUT2D eigenvalue weighted by molar-refractivity contribution is -0.178. The topological polar surface area (TPSA) is 61.8 Å². The fourth-order valence-corrected chi connectivity index (χ4v) is 2.77. The molecular weight excluding hydrogens is 244 g/mol. The zero-order valence-corrected chi connectivity index (χ0v) is 11.3. The third-order valence-corrected chi connectivity index (χ3v) is 3.96.